The number of carbonyl (C=O) groups is 1. The lowest BCUT2D eigenvalue weighted by Gasteiger charge is -1.81. The molecule has 0 saturated heterocycles. The fraction of sp³-hybridized carbons (Fsp3) is 0.571. The van der Waals surface area contributed by atoms with E-state index < -0.39 is 0 Å². The van der Waals surface area contributed by atoms with E-state index in [1.165, 1.54) is 19.3 Å². The van der Waals surface area contributed by atoms with E-state index in [1.807, 2.05) is 12.9 Å². The maximum atomic E-state index is 8.00. The van der Waals surface area contributed by atoms with Gasteiger partial charge in [-0.25, -0.2) is 0 Å². The molecule has 0 aliphatic carbocycles. The van der Waals surface area contributed by atoms with Gasteiger partial charge in [0, 0.05) is 0 Å². The second-order valence-electron chi connectivity index (χ2n) is 1.43. The molecule has 0 N–H and O–H groups in total. The molecule has 0 bridgehead atoms. The molecule has 0 heterocycles. The summed E-state index contributed by atoms with van der Waals surface area (Å²) in [5.74, 6) is 0. The molecule has 0 unspecified atom stereocenters. The zero-order chi connectivity index (χ0) is 6.83. The summed E-state index contributed by atoms with van der Waals surface area (Å²) in [4.78, 5) is 8.00. The van der Waals surface area contributed by atoms with Crippen LogP contribution < -0.4 is 0 Å². The molecule has 0 fully saturated rings. The topological polar surface area (TPSA) is 17.1 Å². The van der Waals surface area contributed by atoms with Crippen LogP contribution in [-0.2, 0) is 4.79 Å². The largest absolute Gasteiger partial charge is 0.307 e. The molecule has 0 spiro atoms. The van der Waals surface area contributed by atoms with E-state index in [2.05, 4.69) is 13.5 Å². The van der Waals surface area contributed by atoms with E-state index >= 15 is 0 Å². The zero-order valence-corrected chi connectivity index (χ0v) is 5.52. The second-order valence-corrected chi connectivity index (χ2v) is 1.43. The van der Waals surface area contributed by atoms with E-state index in [-0.39, 0.29) is 0 Å². The Labute approximate surface area is 51.4 Å². The highest BCUT2D eigenvalue weighted by atomic mass is 16.1. The SMILES string of the molecule is C=CCCCC.C=O. The van der Waals surface area contributed by atoms with Crippen LogP contribution in [0.2, 0.25) is 0 Å². The van der Waals surface area contributed by atoms with Crippen LogP contribution in [0.3, 0.4) is 0 Å². The van der Waals surface area contributed by atoms with E-state index in [4.69, 9.17) is 4.79 Å². The van der Waals surface area contributed by atoms with Gasteiger partial charge in [-0.05, 0) is 6.42 Å². The Kier molecular flexibility index (Phi) is 21.0. The van der Waals surface area contributed by atoms with Gasteiger partial charge in [0.05, 0.1) is 0 Å². The molecule has 8 heavy (non-hydrogen) atoms. The van der Waals surface area contributed by atoms with Crippen molar-refractivity contribution >= 4 is 6.79 Å². The highest BCUT2D eigenvalue weighted by Gasteiger charge is 1.71. The number of unbranched alkanes of at least 4 members (excludes halogenated alkanes) is 2. The molecule has 0 amide bonds. The van der Waals surface area contributed by atoms with Crippen molar-refractivity contribution in [2.24, 2.45) is 0 Å². The van der Waals surface area contributed by atoms with Gasteiger partial charge in [0.2, 0.25) is 0 Å². The number of hydrogen-bond donors (Lipinski definition) is 0. The fourth-order valence-electron chi connectivity index (χ4n) is 0.348. The first-order valence-electron chi connectivity index (χ1n) is 2.81. The van der Waals surface area contributed by atoms with Gasteiger partial charge in [-0.2, -0.15) is 0 Å². The van der Waals surface area contributed by atoms with Crippen LogP contribution in [-0.4, -0.2) is 6.79 Å². The van der Waals surface area contributed by atoms with Crippen LogP contribution in [0.1, 0.15) is 26.2 Å². The Hall–Kier alpha value is -0.590. The smallest absolute Gasteiger partial charge is 0.106 e. The lowest BCUT2D eigenvalue weighted by Crippen LogP contribution is -1.61. The molecule has 0 atom stereocenters. The molecule has 1 heteroatoms. The van der Waals surface area contributed by atoms with Gasteiger partial charge < -0.3 is 4.79 Å². The third-order valence-electron chi connectivity index (χ3n) is 0.762. The molecule has 0 aliphatic rings. The molecule has 0 saturated carbocycles. The van der Waals surface area contributed by atoms with Crippen molar-refractivity contribution in [1.29, 1.82) is 0 Å². The van der Waals surface area contributed by atoms with Gasteiger partial charge >= 0.3 is 0 Å². The molecular formula is C7H14O. The zero-order valence-electron chi connectivity index (χ0n) is 5.52. The van der Waals surface area contributed by atoms with Crippen LogP contribution in [0.15, 0.2) is 12.7 Å². The summed E-state index contributed by atoms with van der Waals surface area (Å²) in [6.45, 7) is 7.78. The van der Waals surface area contributed by atoms with Gasteiger partial charge in [0.1, 0.15) is 6.79 Å². The van der Waals surface area contributed by atoms with Crippen molar-refractivity contribution in [3.8, 4) is 0 Å². The number of allylic oxidation sites excluding steroid dienone is 1. The number of carbonyl (C=O) groups excluding carboxylic acids is 1. The normalized spacial score (nSPS) is 6.62. The monoisotopic (exact) mass is 114 g/mol. The average molecular weight is 114 g/mol. The van der Waals surface area contributed by atoms with Crippen LogP contribution >= 0.6 is 0 Å². The lowest BCUT2D eigenvalue weighted by molar-refractivity contribution is -0.0979. The third kappa shape index (κ3) is 18.1. The minimum Gasteiger partial charge on any atom is -0.307 e. The maximum Gasteiger partial charge on any atom is 0.106 e. The van der Waals surface area contributed by atoms with E-state index in [0.717, 1.165) is 0 Å². The first-order valence-corrected chi connectivity index (χ1v) is 2.81. The van der Waals surface area contributed by atoms with Crippen LogP contribution in [0.5, 0.6) is 0 Å². The summed E-state index contributed by atoms with van der Waals surface area (Å²) in [7, 11) is 0. The molecular weight excluding hydrogens is 100 g/mol. The van der Waals surface area contributed by atoms with Crippen molar-refractivity contribution in [2.75, 3.05) is 0 Å². The summed E-state index contributed by atoms with van der Waals surface area (Å²) in [5, 5.41) is 0. The Bertz CT molecular complexity index is 41.7. The molecule has 1 nitrogen and oxygen atoms in total. The molecule has 0 radical (unpaired) electrons. The van der Waals surface area contributed by atoms with E-state index in [9.17, 15) is 0 Å². The van der Waals surface area contributed by atoms with Crippen LogP contribution in [0.4, 0.5) is 0 Å². The highest BCUT2D eigenvalue weighted by molar-refractivity contribution is 5.10. The molecule has 0 aromatic carbocycles. The first-order chi connectivity index (χ1) is 3.91. The Morgan fingerprint density at radius 3 is 2.12 bits per heavy atom. The second kappa shape index (κ2) is 16.1. The molecule has 0 aromatic rings. The van der Waals surface area contributed by atoms with Gasteiger partial charge in [0.25, 0.3) is 0 Å². The van der Waals surface area contributed by atoms with Gasteiger partial charge in [-0.3, -0.25) is 0 Å². The first kappa shape index (κ1) is 10.4. The van der Waals surface area contributed by atoms with Crippen LogP contribution in [0, 0.1) is 0 Å². The van der Waals surface area contributed by atoms with Crippen molar-refractivity contribution in [1.82, 2.24) is 0 Å². The van der Waals surface area contributed by atoms with Gasteiger partial charge in [0.15, 0.2) is 0 Å². The maximum absolute atomic E-state index is 8.00. The van der Waals surface area contributed by atoms with Crippen molar-refractivity contribution < 1.29 is 4.79 Å². The Balaban J connectivity index is 0. The third-order valence-corrected chi connectivity index (χ3v) is 0.762. The van der Waals surface area contributed by atoms with Crippen molar-refractivity contribution in [3.63, 3.8) is 0 Å². The van der Waals surface area contributed by atoms with Crippen LogP contribution in [0.25, 0.3) is 0 Å². The van der Waals surface area contributed by atoms with E-state index in [0.29, 0.717) is 0 Å². The summed E-state index contributed by atoms with van der Waals surface area (Å²) in [6, 6.07) is 0. The minimum atomic E-state index is 1.18. The molecule has 0 aliphatic heterocycles. The predicted molar refractivity (Wildman–Crippen MR) is 36.8 cm³/mol. The van der Waals surface area contributed by atoms with Crippen molar-refractivity contribution in [3.05, 3.63) is 12.7 Å². The predicted octanol–water partition coefficient (Wildman–Crippen LogP) is 2.18. The summed E-state index contributed by atoms with van der Waals surface area (Å²) >= 11 is 0. The number of hydrogen-bond acceptors (Lipinski definition) is 1. The highest BCUT2D eigenvalue weighted by Crippen LogP contribution is 1.91. The molecule has 0 rings (SSSR count). The quantitative estimate of drug-likeness (QED) is 0.406. The lowest BCUT2D eigenvalue weighted by atomic mass is 10.3. The summed E-state index contributed by atoms with van der Waals surface area (Å²) in [6.07, 6.45) is 5.72. The average Bonchev–Trinajstić information content (AvgIpc) is 1.88. The van der Waals surface area contributed by atoms with Gasteiger partial charge in [-0.1, -0.05) is 25.8 Å². The molecule has 48 valence electrons. The van der Waals surface area contributed by atoms with Crippen molar-refractivity contribution in [2.45, 2.75) is 26.2 Å². The summed E-state index contributed by atoms with van der Waals surface area (Å²) < 4.78 is 0. The minimum absolute atomic E-state index is 1.18. The molecule has 0 aromatic heterocycles. The Morgan fingerprint density at radius 1 is 1.50 bits per heavy atom. The number of rotatable bonds is 3. The van der Waals surface area contributed by atoms with Gasteiger partial charge in [-0.15, -0.1) is 6.58 Å². The van der Waals surface area contributed by atoms with E-state index in [1.54, 1.807) is 0 Å². The summed E-state index contributed by atoms with van der Waals surface area (Å²) in [5.41, 5.74) is 0. The fourth-order valence-corrected chi connectivity index (χ4v) is 0.348. The Morgan fingerprint density at radius 2 is 2.00 bits per heavy atom. The standard InChI is InChI=1S/C6H12.CH2O/c1-3-5-6-4-2;1-2/h3H,1,4-6H2,2H3;1H2.